The van der Waals surface area contributed by atoms with E-state index in [4.69, 9.17) is 0 Å². The average molecular weight is 280 g/mol. The Kier molecular flexibility index (Phi) is 5.31. The summed E-state index contributed by atoms with van der Waals surface area (Å²) in [7, 11) is 1.90. The van der Waals surface area contributed by atoms with E-state index >= 15 is 0 Å². The van der Waals surface area contributed by atoms with Crippen LogP contribution in [-0.4, -0.2) is 34.6 Å². The fourth-order valence-corrected chi connectivity index (χ4v) is 3.33. The molecule has 19 heavy (non-hydrogen) atoms. The lowest BCUT2D eigenvalue weighted by Gasteiger charge is -2.15. The number of nitrogens with one attached hydrogen (secondary N) is 2. The molecule has 1 aromatic rings. The van der Waals surface area contributed by atoms with Gasteiger partial charge >= 0.3 is 0 Å². The summed E-state index contributed by atoms with van der Waals surface area (Å²) in [5, 5.41) is 7.49. The first kappa shape index (κ1) is 14.4. The highest BCUT2D eigenvalue weighted by atomic mass is 32.2. The first-order chi connectivity index (χ1) is 9.25. The molecule has 0 saturated heterocycles. The van der Waals surface area contributed by atoms with Crippen LogP contribution >= 0.6 is 11.8 Å². The summed E-state index contributed by atoms with van der Waals surface area (Å²) in [6.45, 7) is 2.16. The van der Waals surface area contributed by atoms with E-state index in [2.05, 4.69) is 33.8 Å². The molecule has 2 unspecified atom stereocenters. The molecule has 5 heteroatoms. The molecule has 2 atom stereocenters. The molecule has 1 aliphatic carbocycles. The van der Waals surface area contributed by atoms with Crippen LogP contribution in [-0.2, 0) is 6.42 Å². The van der Waals surface area contributed by atoms with Gasteiger partial charge in [-0.25, -0.2) is 9.97 Å². The monoisotopic (exact) mass is 280 g/mol. The maximum absolute atomic E-state index is 4.62. The average Bonchev–Trinajstić information content (AvgIpc) is 2.86. The number of rotatable bonds is 6. The molecule has 0 spiro atoms. The second kappa shape index (κ2) is 6.98. The summed E-state index contributed by atoms with van der Waals surface area (Å²) in [5.74, 6) is 2.80. The van der Waals surface area contributed by atoms with Gasteiger partial charge in [0.15, 0.2) is 0 Å². The van der Waals surface area contributed by atoms with E-state index in [1.54, 1.807) is 0 Å². The smallest absolute Gasteiger partial charge is 0.133 e. The van der Waals surface area contributed by atoms with Gasteiger partial charge in [0.2, 0.25) is 0 Å². The Morgan fingerprint density at radius 2 is 2.11 bits per heavy atom. The Balaban J connectivity index is 2.04. The summed E-state index contributed by atoms with van der Waals surface area (Å²) >= 11 is 1.98. The molecule has 0 amide bonds. The van der Waals surface area contributed by atoms with Crippen LogP contribution in [0, 0.1) is 0 Å². The Morgan fingerprint density at radius 1 is 1.32 bits per heavy atom. The van der Waals surface area contributed by atoms with E-state index in [1.165, 1.54) is 19.3 Å². The highest BCUT2D eigenvalue weighted by molar-refractivity contribution is 7.99. The lowest BCUT2D eigenvalue weighted by molar-refractivity contribution is 0.746. The zero-order chi connectivity index (χ0) is 13.7. The quantitative estimate of drug-likeness (QED) is 0.838. The third kappa shape index (κ3) is 4.00. The molecule has 4 nitrogen and oxygen atoms in total. The van der Waals surface area contributed by atoms with E-state index < -0.39 is 0 Å². The SMILES string of the molecule is CCCc1nc(NC)cc(NC2CCC(SC)C2)n1. The minimum absolute atomic E-state index is 0.562. The summed E-state index contributed by atoms with van der Waals surface area (Å²) in [5.41, 5.74) is 0. The molecule has 106 valence electrons. The van der Waals surface area contributed by atoms with E-state index in [1.807, 2.05) is 24.9 Å². The molecule has 1 heterocycles. The maximum Gasteiger partial charge on any atom is 0.133 e. The van der Waals surface area contributed by atoms with Gasteiger partial charge in [0.05, 0.1) is 0 Å². The molecule has 1 aromatic heterocycles. The van der Waals surface area contributed by atoms with Gasteiger partial charge in [0.1, 0.15) is 17.5 Å². The van der Waals surface area contributed by atoms with Gasteiger partial charge < -0.3 is 10.6 Å². The van der Waals surface area contributed by atoms with E-state index in [0.29, 0.717) is 6.04 Å². The number of nitrogens with zero attached hydrogens (tertiary/aromatic N) is 2. The number of anilines is 2. The Labute approximate surface area is 120 Å². The van der Waals surface area contributed by atoms with Crippen LogP contribution in [0.3, 0.4) is 0 Å². The molecule has 1 fully saturated rings. The van der Waals surface area contributed by atoms with Gasteiger partial charge in [0, 0.05) is 30.8 Å². The van der Waals surface area contributed by atoms with Crippen molar-refractivity contribution >= 4 is 23.4 Å². The van der Waals surface area contributed by atoms with Crippen molar-refractivity contribution in [3.63, 3.8) is 0 Å². The van der Waals surface area contributed by atoms with Gasteiger partial charge in [-0.2, -0.15) is 11.8 Å². The maximum atomic E-state index is 4.62. The molecule has 0 bridgehead atoms. The molecule has 0 aromatic carbocycles. The number of hydrogen-bond acceptors (Lipinski definition) is 5. The summed E-state index contributed by atoms with van der Waals surface area (Å²) < 4.78 is 0. The molecular weight excluding hydrogens is 256 g/mol. The Morgan fingerprint density at radius 3 is 2.74 bits per heavy atom. The fraction of sp³-hybridized carbons (Fsp3) is 0.714. The molecule has 0 aliphatic heterocycles. The predicted octanol–water partition coefficient (Wildman–Crippen LogP) is 3.17. The topological polar surface area (TPSA) is 49.8 Å². The highest BCUT2D eigenvalue weighted by Crippen LogP contribution is 2.30. The van der Waals surface area contributed by atoms with Gasteiger partial charge in [-0.1, -0.05) is 6.92 Å². The van der Waals surface area contributed by atoms with Crippen molar-refractivity contribution in [3.05, 3.63) is 11.9 Å². The minimum Gasteiger partial charge on any atom is -0.373 e. The van der Waals surface area contributed by atoms with Gasteiger partial charge in [-0.3, -0.25) is 0 Å². The van der Waals surface area contributed by atoms with Crippen molar-refractivity contribution in [1.29, 1.82) is 0 Å². The molecular formula is C14H24N4S. The number of aryl methyl sites for hydroxylation is 1. The Bertz CT molecular complexity index is 410. The highest BCUT2D eigenvalue weighted by Gasteiger charge is 2.24. The minimum atomic E-state index is 0.562. The number of aromatic nitrogens is 2. The van der Waals surface area contributed by atoms with Gasteiger partial charge in [-0.05, 0) is 31.9 Å². The third-order valence-corrected chi connectivity index (χ3v) is 4.67. The van der Waals surface area contributed by atoms with Gasteiger partial charge in [0.25, 0.3) is 0 Å². The predicted molar refractivity (Wildman–Crippen MR) is 84.1 cm³/mol. The van der Waals surface area contributed by atoms with Crippen molar-refractivity contribution in [2.45, 2.75) is 50.3 Å². The third-order valence-electron chi connectivity index (χ3n) is 3.57. The first-order valence-corrected chi connectivity index (χ1v) is 8.39. The second-order valence-corrected chi connectivity index (χ2v) is 6.20. The van der Waals surface area contributed by atoms with Crippen molar-refractivity contribution in [2.75, 3.05) is 23.9 Å². The van der Waals surface area contributed by atoms with E-state index in [9.17, 15) is 0 Å². The van der Waals surface area contributed by atoms with Crippen LogP contribution in [0.25, 0.3) is 0 Å². The van der Waals surface area contributed by atoms with Gasteiger partial charge in [-0.15, -0.1) is 0 Å². The zero-order valence-corrected chi connectivity index (χ0v) is 12.9. The van der Waals surface area contributed by atoms with Crippen LogP contribution in [0.15, 0.2) is 6.07 Å². The lowest BCUT2D eigenvalue weighted by Crippen LogP contribution is -2.18. The molecule has 0 radical (unpaired) electrons. The Hall–Kier alpha value is -0.970. The van der Waals surface area contributed by atoms with Crippen molar-refractivity contribution in [2.24, 2.45) is 0 Å². The second-order valence-electron chi connectivity index (χ2n) is 5.07. The van der Waals surface area contributed by atoms with Crippen LogP contribution in [0.5, 0.6) is 0 Å². The van der Waals surface area contributed by atoms with E-state index in [-0.39, 0.29) is 0 Å². The normalized spacial score (nSPS) is 22.5. The van der Waals surface area contributed by atoms with Crippen LogP contribution < -0.4 is 10.6 Å². The molecule has 1 aliphatic rings. The summed E-state index contributed by atoms with van der Waals surface area (Å²) in [6.07, 6.45) is 8.00. The largest absolute Gasteiger partial charge is 0.373 e. The first-order valence-electron chi connectivity index (χ1n) is 7.10. The molecule has 1 saturated carbocycles. The lowest BCUT2D eigenvalue weighted by atomic mass is 10.2. The standard InChI is InChI=1S/C14H24N4S/c1-4-5-12-17-13(15-2)9-14(18-12)16-10-6-7-11(8-10)19-3/h9-11H,4-8H2,1-3H3,(H2,15,16,17,18). The molecule has 2 rings (SSSR count). The van der Waals surface area contributed by atoms with Crippen molar-refractivity contribution in [3.8, 4) is 0 Å². The summed E-state index contributed by atoms with van der Waals surface area (Å²) in [4.78, 5) is 9.10. The van der Waals surface area contributed by atoms with Crippen LogP contribution in [0.4, 0.5) is 11.6 Å². The van der Waals surface area contributed by atoms with E-state index in [0.717, 1.165) is 35.6 Å². The number of thioether (sulfide) groups is 1. The zero-order valence-electron chi connectivity index (χ0n) is 12.1. The summed E-state index contributed by atoms with van der Waals surface area (Å²) in [6, 6.07) is 2.57. The number of hydrogen-bond donors (Lipinski definition) is 2. The van der Waals surface area contributed by atoms with Crippen molar-refractivity contribution < 1.29 is 0 Å². The van der Waals surface area contributed by atoms with Crippen molar-refractivity contribution in [1.82, 2.24) is 9.97 Å². The fourth-order valence-electron chi connectivity index (χ4n) is 2.53. The van der Waals surface area contributed by atoms with Crippen LogP contribution in [0.1, 0.15) is 38.4 Å². The van der Waals surface area contributed by atoms with Crippen LogP contribution in [0.2, 0.25) is 0 Å². The molecule has 2 N–H and O–H groups in total.